The van der Waals surface area contributed by atoms with E-state index in [9.17, 15) is 0 Å². The summed E-state index contributed by atoms with van der Waals surface area (Å²) in [6.45, 7) is 2.81. The molecule has 2 heterocycles. The molecule has 2 N–H and O–H groups in total. The summed E-state index contributed by atoms with van der Waals surface area (Å²) in [5.74, 6) is 0.925. The molecule has 0 spiro atoms. The Labute approximate surface area is 139 Å². The van der Waals surface area contributed by atoms with Crippen LogP contribution in [-0.2, 0) is 4.74 Å². The largest absolute Gasteiger partial charge is 0.399 e. The summed E-state index contributed by atoms with van der Waals surface area (Å²) in [5.41, 5.74) is 10.7. The van der Waals surface area contributed by atoms with E-state index in [1.165, 1.54) is 0 Å². The third-order valence-corrected chi connectivity index (χ3v) is 4.81. The molecule has 4 rings (SSSR count). The topological polar surface area (TPSA) is 53.1 Å². The van der Waals surface area contributed by atoms with Gasteiger partial charge in [-0.3, -0.25) is 4.57 Å². The first kappa shape index (κ1) is 14.5. The summed E-state index contributed by atoms with van der Waals surface area (Å²) in [6.07, 6.45) is 2.06. The van der Waals surface area contributed by atoms with Crippen LogP contribution in [0.15, 0.2) is 36.4 Å². The standard InChI is InChI=1S/C18H18ClN3O/c1-11-13(19)4-2-5-15(11)22-16-10-12(20)7-8-14(16)21-18(22)17-6-3-9-23-17/h2,4-5,7-8,10,17H,3,6,9,20H2,1H3/t17-/m1/s1. The normalized spacial score (nSPS) is 17.9. The first-order valence-corrected chi connectivity index (χ1v) is 8.18. The van der Waals surface area contributed by atoms with E-state index in [2.05, 4.69) is 10.6 Å². The number of imidazole rings is 1. The fraction of sp³-hybridized carbons (Fsp3) is 0.278. The number of halogens is 1. The maximum Gasteiger partial charge on any atom is 0.143 e. The summed E-state index contributed by atoms with van der Waals surface area (Å²) >= 11 is 6.34. The molecule has 1 saturated heterocycles. The van der Waals surface area contributed by atoms with E-state index in [0.717, 1.165) is 58.3 Å². The number of nitrogens with zero attached hydrogens (tertiary/aromatic N) is 2. The Bertz CT molecular complexity index is 881. The number of ether oxygens (including phenoxy) is 1. The highest BCUT2D eigenvalue weighted by Gasteiger charge is 2.26. The van der Waals surface area contributed by atoms with Crippen LogP contribution in [0.2, 0.25) is 5.02 Å². The quantitative estimate of drug-likeness (QED) is 0.709. The van der Waals surface area contributed by atoms with Crippen molar-refractivity contribution in [3.63, 3.8) is 0 Å². The second-order valence-electron chi connectivity index (χ2n) is 5.94. The van der Waals surface area contributed by atoms with Crippen molar-refractivity contribution in [2.75, 3.05) is 12.3 Å². The van der Waals surface area contributed by atoms with Crippen LogP contribution in [0.5, 0.6) is 0 Å². The number of hydrogen-bond acceptors (Lipinski definition) is 3. The number of benzene rings is 2. The fourth-order valence-electron chi connectivity index (χ4n) is 3.20. The van der Waals surface area contributed by atoms with Crippen molar-refractivity contribution in [1.29, 1.82) is 0 Å². The molecule has 4 nitrogen and oxygen atoms in total. The van der Waals surface area contributed by atoms with Gasteiger partial charge in [0, 0.05) is 17.3 Å². The Kier molecular flexibility index (Phi) is 3.51. The smallest absolute Gasteiger partial charge is 0.143 e. The molecule has 0 unspecified atom stereocenters. The van der Waals surface area contributed by atoms with Gasteiger partial charge in [0.2, 0.25) is 0 Å². The van der Waals surface area contributed by atoms with E-state index in [1.807, 2.05) is 37.3 Å². The zero-order chi connectivity index (χ0) is 16.0. The van der Waals surface area contributed by atoms with Crippen LogP contribution >= 0.6 is 11.6 Å². The second kappa shape index (κ2) is 5.55. The molecular formula is C18H18ClN3O. The predicted octanol–water partition coefficient (Wildman–Crippen LogP) is 4.42. The highest BCUT2D eigenvalue weighted by Crippen LogP contribution is 2.35. The minimum absolute atomic E-state index is 0.0157. The van der Waals surface area contributed by atoms with E-state index in [-0.39, 0.29) is 6.10 Å². The van der Waals surface area contributed by atoms with Gasteiger partial charge in [0.25, 0.3) is 0 Å². The van der Waals surface area contributed by atoms with Gasteiger partial charge in [-0.05, 0) is 55.7 Å². The van der Waals surface area contributed by atoms with Gasteiger partial charge in [-0.15, -0.1) is 0 Å². The zero-order valence-electron chi connectivity index (χ0n) is 12.9. The molecule has 0 aliphatic carbocycles. The minimum Gasteiger partial charge on any atom is -0.399 e. The maximum atomic E-state index is 6.34. The molecule has 23 heavy (non-hydrogen) atoms. The van der Waals surface area contributed by atoms with Crippen molar-refractivity contribution in [3.05, 3.63) is 52.8 Å². The van der Waals surface area contributed by atoms with Crippen molar-refractivity contribution in [2.24, 2.45) is 0 Å². The highest BCUT2D eigenvalue weighted by molar-refractivity contribution is 6.31. The summed E-state index contributed by atoms with van der Waals surface area (Å²) < 4.78 is 8.03. The molecule has 1 aliphatic heterocycles. The van der Waals surface area contributed by atoms with Crippen LogP contribution in [0.25, 0.3) is 16.7 Å². The zero-order valence-corrected chi connectivity index (χ0v) is 13.7. The number of nitrogens with two attached hydrogens (primary N) is 1. The summed E-state index contributed by atoms with van der Waals surface area (Å²) in [7, 11) is 0. The predicted molar refractivity (Wildman–Crippen MR) is 93.2 cm³/mol. The van der Waals surface area contributed by atoms with E-state index >= 15 is 0 Å². The van der Waals surface area contributed by atoms with Crippen LogP contribution in [0.4, 0.5) is 5.69 Å². The number of rotatable bonds is 2. The van der Waals surface area contributed by atoms with E-state index in [1.54, 1.807) is 0 Å². The van der Waals surface area contributed by atoms with Gasteiger partial charge in [0.1, 0.15) is 11.9 Å². The molecule has 0 radical (unpaired) electrons. The molecule has 1 aliphatic rings. The maximum absolute atomic E-state index is 6.34. The average molecular weight is 328 g/mol. The lowest BCUT2D eigenvalue weighted by Gasteiger charge is -2.16. The fourth-order valence-corrected chi connectivity index (χ4v) is 3.37. The molecule has 3 aromatic rings. The van der Waals surface area contributed by atoms with E-state index < -0.39 is 0 Å². The molecule has 1 aromatic heterocycles. The number of nitrogen functional groups attached to an aromatic ring is 1. The second-order valence-corrected chi connectivity index (χ2v) is 6.35. The van der Waals surface area contributed by atoms with Crippen LogP contribution in [-0.4, -0.2) is 16.2 Å². The third-order valence-electron chi connectivity index (χ3n) is 4.40. The van der Waals surface area contributed by atoms with Crippen molar-refractivity contribution in [2.45, 2.75) is 25.9 Å². The number of anilines is 1. The number of hydrogen-bond donors (Lipinski definition) is 1. The van der Waals surface area contributed by atoms with Gasteiger partial charge >= 0.3 is 0 Å². The Morgan fingerprint density at radius 2 is 2.17 bits per heavy atom. The van der Waals surface area contributed by atoms with Crippen LogP contribution < -0.4 is 5.73 Å². The molecular weight excluding hydrogens is 310 g/mol. The summed E-state index contributed by atoms with van der Waals surface area (Å²) in [6, 6.07) is 11.7. The van der Waals surface area contributed by atoms with Gasteiger partial charge in [-0.1, -0.05) is 17.7 Å². The lowest BCUT2D eigenvalue weighted by Crippen LogP contribution is -2.08. The monoisotopic (exact) mass is 327 g/mol. The molecule has 0 bridgehead atoms. The average Bonchev–Trinajstić information content (AvgIpc) is 3.17. The Hall–Kier alpha value is -2.04. The molecule has 5 heteroatoms. The van der Waals surface area contributed by atoms with Crippen LogP contribution in [0.3, 0.4) is 0 Å². The number of fused-ring (bicyclic) bond motifs is 1. The Balaban J connectivity index is 2.03. The molecule has 1 atom stereocenters. The van der Waals surface area contributed by atoms with Crippen molar-refractivity contribution in [1.82, 2.24) is 9.55 Å². The van der Waals surface area contributed by atoms with Crippen molar-refractivity contribution in [3.8, 4) is 5.69 Å². The first-order chi connectivity index (χ1) is 11.1. The summed E-state index contributed by atoms with van der Waals surface area (Å²) in [5, 5.41) is 0.742. The Morgan fingerprint density at radius 3 is 2.96 bits per heavy atom. The van der Waals surface area contributed by atoms with Gasteiger partial charge < -0.3 is 10.5 Å². The molecule has 2 aromatic carbocycles. The van der Waals surface area contributed by atoms with Gasteiger partial charge in [0.15, 0.2) is 0 Å². The summed E-state index contributed by atoms with van der Waals surface area (Å²) in [4.78, 5) is 4.82. The molecule has 1 fully saturated rings. The lowest BCUT2D eigenvalue weighted by atomic mass is 10.1. The molecule has 118 valence electrons. The van der Waals surface area contributed by atoms with Gasteiger partial charge in [0.05, 0.1) is 16.7 Å². The lowest BCUT2D eigenvalue weighted by molar-refractivity contribution is 0.104. The SMILES string of the molecule is Cc1c(Cl)cccc1-n1c([C@H]2CCCO2)nc2ccc(N)cc21. The molecule has 0 saturated carbocycles. The van der Waals surface area contributed by atoms with E-state index in [4.69, 9.17) is 27.1 Å². The van der Waals surface area contributed by atoms with Crippen molar-refractivity contribution >= 4 is 28.3 Å². The highest BCUT2D eigenvalue weighted by atomic mass is 35.5. The first-order valence-electron chi connectivity index (χ1n) is 7.80. The van der Waals surface area contributed by atoms with Crippen LogP contribution in [0.1, 0.15) is 30.3 Å². The Morgan fingerprint density at radius 1 is 1.30 bits per heavy atom. The van der Waals surface area contributed by atoms with Gasteiger partial charge in [-0.25, -0.2) is 4.98 Å². The van der Waals surface area contributed by atoms with Crippen molar-refractivity contribution < 1.29 is 4.74 Å². The van der Waals surface area contributed by atoms with Gasteiger partial charge in [-0.2, -0.15) is 0 Å². The number of aromatic nitrogens is 2. The van der Waals surface area contributed by atoms with Crippen LogP contribution in [0, 0.1) is 6.92 Å². The molecule has 0 amide bonds. The minimum atomic E-state index is 0.0157. The van der Waals surface area contributed by atoms with E-state index in [0.29, 0.717) is 0 Å². The third kappa shape index (κ3) is 2.38.